The summed E-state index contributed by atoms with van der Waals surface area (Å²) in [6.45, 7) is 0. The topological polar surface area (TPSA) is 56.1 Å². The summed E-state index contributed by atoms with van der Waals surface area (Å²) in [4.78, 5) is 12.3. The number of amides is 1. The summed E-state index contributed by atoms with van der Waals surface area (Å²) < 4.78 is 7.02. The first-order valence-electron chi connectivity index (χ1n) is 7.28. The van der Waals surface area contributed by atoms with Crippen LogP contribution in [-0.4, -0.2) is 22.8 Å². The zero-order valence-corrected chi connectivity index (χ0v) is 12.8. The number of benzene rings is 2. The lowest BCUT2D eigenvalue weighted by atomic mass is 10.1. The number of carbonyl (C=O) groups is 1. The number of hydrogen-bond acceptors (Lipinski definition) is 3. The molecule has 5 heteroatoms. The number of carbonyl (C=O) groups excluding carboxylic acids is 1. The normalized spacial score (nSPS) is 10.3. The van der Waals surface area contributed by atoms with Crippen molar-refractivity contribution in [2.45, 2.75) is 6.42 Å². The zero-order chi connectivity index (χ0) is 16.1. The molecule has 23 heavy (non-hydrogen) atoms. The number of anilines is 1. The third-order valence-corrected chi connectivity index (χ3v) is 3.44. The third-order valence-electron chi connectivity index (χ3n) is 3.44. The molecule has 3 rings (SSSR count). The Balaban J connectivity index is 1.72. The van der Waals surface area contributed by atoms with Crippen LogP contribution in [0.15, 0.2) is 67.0 Å². The molecule has 3 aromatic rings. The number of ether oxygens (including phenoxy) is 1. The lowest BCUT2D eigenvalue weighted by Gasteiger charge is -2.10. The SMILES string of the molecule is COc1ccccc1CC(=O)Nc1cccc(-n2cccn2)c1. The summed E-state index contributed by atoms with van der Waals surface area (Å²) in [6.07, 6.45) is 3.83. The van der Waals surface area contributed by atoms with Gasteiger partial charge in [-0.25, -0.2) is 4.68 Å². The van der Waals surface area contributed by atoms with Crippen LogP contribution in [0.3, 0.4) is 0 Å². The number of nitrogens with one attached hydrogen (secondary N) is 1. The van der Waals surface area contributed by atoms with Crippen LogP contribution in [0.1, 0.15) is 5.56 Å². The van der Waals surface area contributed by atoms with Crippen molar-refractivity contribution in [3.8, 4) is 11.4 Å². The zero-order valence-electron chi connectivity index (χ0n) is 12.8. The second kappa shape index (κ2) is 6.79. The molecule has 5 nitrogen and oxygen atoms in total. The highest BCUT2D eigenvalue weighted by Gasteiger charge is 2.09. The molecule has 2 aromatic carbocycles. The quantitative estimate of drug-likeness (QED) is 0.788. The van der Waals surface area contributed by atoms with Crippen LogP contribution in [0.25, 0.3) is 5.69 Å². The Morgan fingerprint density at radius 1 is 1.17 bits per heavy atom. The standard InChI is InChI=1S/C18H17N3O2/c1-23-17-9-3-2-6-14(17)12-18(22)20-15-7-4-8-16(13-15)21-11-5-10-19-21/h2-11,13H,12H2,1H3,(H,20,22). The van der Waals surface area contributed by atoms with Crippen molar-refractivity contribution in [1.82, 2.24) is 9.78 Å². The molecular formula is C18H17N3O2. The molecule has 0 atom stereocenters. The average molecular weight is 307 g/mol. The maximum atomic E-state index is 12.3. The number of aromatic nitrogens is 2. The lowest BCUT2D eigenvalue weighted by molar-refractivity contribution is -0.115. The Morgan fingerprint density at radius 2 is 2.04 bits per heavy atom. The second-order valence-electron chi connectivity index (χ2n) is 5.04. The van der Waals surface area contributed by atoms with Crippen molar-refractivity contribution < 1.29 is 9.53 Å². The minimum atomic E-state index is -0.0906. The van der Waals surface area contributed by atoms with E-state index in [1.54, 1.807) is 18.0 Å². The Bertz CT molecular complexity index is 798. The molecule has 0 radical (unpaired) electrons. The number of methoxy groups -OCH3 is 1. The molecule has 1 aromatic heterocycles. The van der Waals surface area contributed by atoms with Crippen LogP contribution in [-0.2, 0) is 11.2 Å². The van der Waals surface area contributed by atoms with Crippen molar-refractivity contribution in [2.24, 2.45) is 0 Å². The van der Waals surface area contributed by atoms with Crippen molar-refractivity contribution >= 4 is 11.6 Å². The highest BCUT2D eigenvalue weighted by atomic mass is 16.5. The molecule has 0 fully saturated rings. The fourth-order valence-corrected chi connectivity index (χ4v) is 2.37. The molecule has 1 amide bonds. The number of para-hydroxylation sites is 1. The molecule has 0 saturated heterocycles. The smallest absolute Gasteiger partial charge is 0.228 e. The van der Waals surface area contributed by atoms with Gasteiger partial charge in [0, 0.05) is 23.6 Å². The van der Waals surface area contributed by atoms with Gasteiger partial charge in [0.05, 0.1) is 19.2 Å². The number of nitrogens with zero attached hydrogens (tertiary/aromatic N) is 2. The van der Waals surface area contributed by atoms with Gasteiger partial charge in [0.1, 0.15) is 5.75 Å². The van der Waals surface area contributed by atoms with Crippen LogP contribution in [0.5, 0.6) is 5.75 Å². The summed E-state index contributed by atoms with van der Waals surface area (Å²) in [5, 5.41) is 7.09. The maximum absolute atomic E-state index is 12.3. The maximum Gasteiger partial charge on any atom is 0.228 e. The molecule has 0 aliphatic rings. The first-order chi connectivity index (χ1) is 11.3. The van der Waals surface area contributed by atoms with Crippen molar-refractivity contribution in [1.29, 1.82) is 0 Å². The largest absolute Gasteiger partial charge is 0.496 e. The summed E-state index contributed by atoms with van der Waals surface area (Å²) in [5.41, 5.74) is 2.48. The summed E-state index contributed by atoms with van der Waals surface area (Å²) in [6, 6.07) is 16.9. The Hall–Kier alpha value is -3.08. The first kappa shape index (κ1) is 14.8. The van der Waals surface area contributed by atoms with Crippen LogP contribution in [0.4, 0.5) is 5.69 Å². The van der Waals surface area contributed by atoms with E-state index in [-0.39, 0.29) is 12.3 Å². The second-order valence-corrected chi connectivity index (χ2v) is 5.04. The van der Waals surface area contributed by atoms with Gasteiger partial charge in [0.25, 0.3) is 0 Å². The minimum absolute atomic E-state index is 0.0906. The van der Waals surface area contributed by atoms with E-state index in [9.17, 15) is 4.79 Å². The van der Waals surface area contributed by atoms with E-state index < -0.39 is 0 Å². The van der Waals surface area contributed by atoms with E-state index in [0.717, 1.165) is 16.9 Å². The van der Waals surface area contributed by atoms with E-state index >= 15 is 0 Å². The van der Waals surface area contributed by atoms with Crippen LogP contribution in [0.2, 0.25) is 0 Å². The molecule has 0 saturated carbocycles. The van der Waals surface area contributed by atoms with Crippen LogP contribution >= 0.6 is 0 Å². The van der Waals surface area contributed by atoms with E-state index in [4.69, 9.17) is 4.74 Å². The summed E-state index contributed by atoms with van der Waals surface area (Å²) in [5.74, 6) is 0.625. The Morgan fingerprint density at radius 3 is 2.83 bits per heavy atom. The van der Waals surface area contributed by atoms with Gasteiger partial charge >= 0.3 is 0 Å². The van der Waals surface area contributed by atoms with Gasteiger partial charge in [-0.05, 0) is 30.3 Å². The molecule has 0 bridgehead atoms. The van der Waals surface area contributed by atoms with Gasteiger partial charge in [-0.2, -0.15) is 5.10 Å². The molecule has 0 aliphatic heterocycles. The van der Waals surface area contributed by atoms with Crippen molar-refractivity contribution in [3.05, 3.63) is 72.6 Å². The number of hydrogen-bond donors (Lipinski definition) is 1. The summed E-state index contributed by atoms with van der Waals surface area (Å²) >= 11 is 0. The third kappa shape index (κ3) is 3.58. The monoisotopic (exact) mass is 307 g/mol. The Kier molecular flexibility index (Phi) is 4.38. The van der Waals surface area contributed by atoms with Gasteiger partial charge in [-0.3, -0.25) is 4.79 Å². The molecular weight excluding hydrogens is 290 g/mol. The fourth-order valence-electron chi connectivity index (χ4n) is 2.37. The van der Waals surface area contributed by atoms with E-state index in [2.05, 4.69) is 10.4 Å². The van der Waals surface area contributed by atoms with E-state index in [1.807, 2.05) is 60.8 Å². The molecule has 0 aliphatic carbocycles. The van der Waals surface area contributed by atoms with Gasteiger partial charge in [-0.1, -0.05) is 24.3 Å². The molecule has 1 heterocycles. The predicted octanol–water partition coefficient (Wildman–Crippen LogP) is 3.06. The van der Waals surface area contributed by atoms with Gasteiger partial charge in [0.15, 0.2) is 0 Å². The molecule has 0 unspecified atom stereocenters. The number of rotatable bonds is 5. The average Bonchev–Trinajstić information content (AvgIpc) is 3.10. The molecule has 116 valence electrons. The highest BCUT2D eigenvalue weighted by Crippen LogP contribution is 2.19. The van der Waals surface area contributed by atoms with E-state index in [1.165, 1.54) is 0 Å². The first-order valence-corrected chi connectivity index (χ1v) is 7.28. The van der Waals surface area contributed by atoms with Gasteiger partial charge in [-0.15, -0.1) is 0 Å². The van der Waals surface area contributed by atoms with Crippen LogP contribution in [0, 0.1) is 0 Å². The Labute approximate surface area is 134 Å². The van der Waals surface area contributed by atoms with E-state index in [0.29, 0.717) is 5.75 Å². The lowest BCUT2D eigenvalue weighted by Crippen LogP contribution is -2.15. The van der Waals surface area contributed by atoms with Gasteiger partial charge < -0.3 is 10.1 Å². The molecule has 1 N–H and O–H groups in total. The van der Waals surface area contributed by atoms with Crippen molar-refractivity contribution in [2.75, 3.05) is 12.4 Å². The van der Waals surface area contributed by atoms with Gasteiger partial charge in [0.2, 0.25) is 5.91 Å². The minimum Gasteiger partial charge on any atom is -0.496 e. The molecule has 0 spiro atoms. The summed E-state index contributed by atoms with van der Waals surface area (Å²) in [7, 11) is 1.60. The fraction of sp³-hybridized carbons (Fsp3) is 0.111. The highest BCUT2D eigenvalue weighted by molar-refractivity contribution is 5.92. The predicted molar refractivity (Wildman–Crippen MR) is 88.9 cm³/mol. The van der Waals surface area contributed by atoms with Crippen molar-refractivity contribution in [3.63, 3.8) is 0 Å². The van der Waals surface area contributed by atoms with Crippen LogP contribution < -0.4 is 10.1 Å².